The SMILES string of the molecule is CC(C)n1ncc2cc(NC(=O)c3cccn3C3CCN(C(=O)OC(C)(C)C)CC3)cnc21. The maximum Gasteiger partial charge on any atom is 0.410 e. The van der Waals surface area contributed by atoms with Crippen molar-refractivity contribution in [3.63, 3.8) is 0 Å². The Bertz CT molecular complexity index is 1150. The number of carbonyl (C=O) groups is 2. The molecule has 0 bridgehead atoms. The fourth-order valence-electron chi connectivity index (χ4n) is 4.14. The van der Waals surface area contributed by atoms with E-state index in [4.69, 9.17) is 4.74 Å². The largest absolute Gasteiger partial charge is 0.444 e. The second-order valence-electron chi connectivity index (χ2n) is 9.77. The lowest BCUT2D eigenvalue weighted by Crippen LogP contribution is -2.42. The number of rotatable bonds is 4. The molecule has 0 saturated carbocycles. The highest BCUT2D eigenvalue weighted by molar-refractivity contribution is 6.03. The number of hydrogen-bond donors (Lipinski definition) is 1. The molecule has 0 spiro atoms. The Hall–Kier alpha value is -3.36. The minimum absolute atomic E-state index is 0.143. The fourth-order valence-corrected chi connectivity index (χ4v) is 4.14. The van der Waals surface area contributed by atoms with Crippen LogP contribution >= 0.6 is 0 Å². The van der Waals surface area contributed by atoms with Gasteiger partial charge in [-0.15, -0.1) is 0 Å². The number of amides is 2. The van der Waals surface area contributed by atoms with Crippen LogP contribution in [0.2, 0.25) is 0 Å². The number of ether oxygens (including phenoxy) is 1. The molecule has 9 nitrogen and oxygen atoms in total. The lowest BCUT2D eigenvalue weighted by molar-refractivity contribution is 0.0187. The molecule has 1 fully saturated rings. The Labute approximate surface area is 193 Å². The molecule has 0 aromatic carbocycles. The van der Waals surface area contributed by atoms with Crippen molar-refractivity contribution in [2.75, 3.05) is 18.4 Å². The molecule has 2 amide bonds. The predicted molar refractivity (Wildman–Crippen MR) is 126 cm³/mol. The molecule has 1 saturated heterocycles. The van der Waals surface area contributed by atoms with Crippen LogP contribution in [0.15, 0.2) is 36.8 Å². The Morgan fingerprint density at radius 3 is 2.58 bits per heavy atom. The van der Waals surface area contributed by atoms with Gasteiger partial charge in [0.1, 0.15) is 11.3 Å². The normalized spacial score (nSPS) is 15.3. The first-order valence-corrected chi connectivity index (χ1v) is 11.4. The molecule has 0 unspecified atom stereocenters. The molecular formula is C24H32N6O3. The van der Waals surface area contributed by atoms with Crippen LogP contribution in [-0.4, -0.2) is 54.9 Å². The maximum absolute atomic E-state index is 13.1. The van der Waals surface area contributed by atoms with E-state index in [1.54, 1.807) is 17.3 Å². The van der Waals surface area contributed by atoms with E-state index in [0.717, 1.165) is 23.9 Å². The summed E-state index contributed by atoms with van der Waals surface area (Å²) >= 11 is 0. The van der Waals surface area contributed by atoms with Crippen LogP contribution in [0.1, 0.15) is 70.0 Å². The Balaban J connectivity index is 1.42. The summed E-state index contributed by atoms with van der Waals surface area (Å²) in [6.07, 6.45) is 6.59. The van der Waals surface area contributed by atoms with E-state index in [-0.39, 0.29) is 24.1 Å². The van der Waals surface area contributed by atoms with E-state index in [1.165, 1.54) is 0 Å². The highest BCUT2D eigenvalue weighted by Gasteiger charge is 2.28. The van der Waals surface area contributed by atoms with Gasteiger partial charge in [0.15, 0.2) is 5.65 Å². The first kappa shape index (κ1) is 22.8. The summed E-state index contributed by atoms with van der Waals surface area (Å²) in [5.41, 5.74) is 1.50. The van der Waals surface area contributed by atoms with Gasteiger partial charge in [0.2, 0.25) is 0 Å². The van der Waals surface area contributed by atoms with Crippen molar-refractivity contribution in [3.8, 4) is 0 Å². The van der Waals surface area contributed by atoms with Gasteiger partial charge in [-0.1, -0.05) is 0 Å². The smallest absolute Gasteiger partial charge is 0.410 e. The summed E-state index contributed by atoms with van der Waals surface area (Å²) in [6, 6.07) is 5.94. The zero-order valence-electron chi connectivity index (χ0n) is 19.9. The minimum Gasteiger partial charge on any atom is -0.444 e. The van der Waals surface area contributed by atoms with Crippen LogP contribution in [0.5, 0.6) is 0 Å². The average Bonchev–Trinajstić information content (AvgIpc) is 3.39. The van der Waals surface area contributed by atoms with Crippen LogP contribution in [0.25, 0.3) is 11.0 Å². The van der Waals surface area contributed by atoms with Crippen LogP contribution in [0, 0.1) is 0 Å². The third-order valence-corrected chi connectivity index (χ3v) is 5.70. The maximum atomic E-state index is 13.1. The molecule has 0 radical (unpaired) electrons. The van der Waals surface area contributed by atoms with E-state index in [0.29, 0.717) is 24.5 Å². The monoisotopic (exact) mass is 452 g/mol. The van der Waals surface area contributed by atoms with Crippen molar-refractivity contribution in [2.24, 2.45) is 0 Å². The number of hydrogen-bond acceptors (Lipinski definition) is 5. The number of piperidine rings is 1. The number of anilines is 1. The lowest BCUT2D eigenvalue weighted by atomic mass is 10.0. The molecule has 176 valence electrons. The zero-order chi connectivity index (χ0) is 23.8. The van der Waals surface area contributed by atoms with E-state index >= 15 is 0 Å². The molecule has 0 atom stereocenters. The van der Waals surface area contributed by atoms with Gasteiger partial charge < -0.3 is 19.5 Å². The molecule has 4 heterocycles. The van der Waals surface area contributed by atoms with Crippen LogP contribution in [-0.2, 0) is 4.74 Å². The summed E-state index contributed by atoms with van der Waals surface area (Å²) in [7, 11) is 0. The average molecular weight is 453 g/mol. The lowest BCUT2D eigenvalue weighted by Gasteiger charge is -2.34. The van der Waals surface area contributed by atoms with Crippen molar-refractivity contribution in [1.29, 1.82) is 0 Å². The molecule has 1 aliphatic heterocycles. The topological polar surface area (TPSA) is 94.3 Å². The third-order valence-electron chi connectivity index (χ3n) is 5.70. The van der Waals surface area contributed by atoms with Crippen LogP contribution < -0.4 is 5.32 Å². The van der Waals surface area contributed by atoms with Gasteiger partial charge in [-0.25, -0.2) is 14.5 Å². The zero-order valence-corrected chi connectivity index (χ0v) is 19.9. The number of pyridine rings is 1. The molecule has 3 aromatic heterocycles. The van der Waals surface area contributed by atoms with Gasteiger partial charge in [0, 0.05) is 36.8 Å². The standard InChI is InChI=1S/C24H32N6O3/c1-16(2)30-21-17(14-26-30)13-18(15-25-21)27-22(31)20-7-6-10-29(20)19-8-11-28(12-9-19)23(32)33-24(3,4)5/h6-7,10,13-16,19H,8-9,11-12H2,1-5H3,(H,27,31). The molecule has 1 N–H and O–H groups in total. The molecule has 1 aliphatic rings. The number of likely N-dealkylation sites (tertiary alicyclic amines) is 1. The van der Waals surface area contributed by atoms with E-state index < -0.39 is 5.60 Å². The van der Waals surface area contributed by atoms with Crippen molar-refractivity contribution < 1.29 is 14.3 Å². The molecule has 4 rings (SSSR count). The van der Waals surface area contributed by atoms with E-state index in [2.05, 4.69) is 29.2 Å². The summed E-state index contributed by atoms with van der Waals surface area (Å²) in [5.74, 6) is -0.188. The Kier molecular flexibility index (Phi) is 6.14. The summed E-state index contributed by atoms with van der Waals surface area (Å²) in [6.45, 7) is 10.9. The number of nitrogens with one attached hydrogen (secondary N) is 1. The number of nitrogens with zero attached hydrogens (tertiary/aromatic N) is 5. The van der Waals surface area contributed by atoms with E-state index in [1.807, 2.05) is 54.4 Å². The summed E-state index contributed by atoms with van der Waals surface area (Å²) < 4.78 is 9.34. The molecule has 0 aliphatic carbocycles. The van der Waals surface area contributed by atoms with Gasteiger partial charge in [0.25, 0.3) is 5.91 Å². The summed E-state index contributed by atoms with van der Waals surface area (Å²) in [4.78, 5) is 31.6. The van der Waals surface area contributed by atoms with Crippen LogP contribution in [0.3, 0.4) is 0 Å². The number of fused-ring (bicyclic) bond motifs is 1. The molecule has 3 aromatic rings. The predicted octanol–water partition coefficient (Wildman–Crippen LogP) is 4.64. The first-order chi connectivity index (χ1) is 15.6. The van der Waals surface area contributed by atoms with Crippen molar-refractivity contribution >= 4 is 28.7 Å². The number of carbonyl (C=O) groups excluding carboxylic acids is 2. The van der Waals surface area contributed by atoms with Crippen LogP contribution in [0.4, 0.5) is 10.5 Å². The highest BCUT2D eigenvalue weighted by atomic mass is 16.6. The first-order valence-electron chi connectivity index (χ1n) is 11.4. The second-order valence-corrected chi connectivity index (χ2v) is 9.77. The molecular weight excluding hydrogens is 420 g/mol. The molecule has 9 heteroatoms. The van der Waals surface area contributed by atoms with Gasteiger partial charge >= 0.3 is 6.09 Å². The highest BCUT2D eigenvalue weighted by Crippen LogP contribution is 2.26. The third kappa shape index (κ3) is 5.02. The van der Waals surface area contributed by atoms with Gasteiger partial charge in [-0.2, -0.15) is 5.10 Å². The Morgan fingerprint density at radius 1 is 1.18 bits per heavy atom. The minimum atomic E-state index is -0.509. The van der Waals surface area contributed by atoms with Gasteiger partial charge in [-0.05, 0) is 65.7 Å². The van der Waals surface area contributed by atoms with Crippen molar-refractivity contribution in [3.05, 3.63) is 42.5 Å². The molecule has 33 heavy (non-hydrogen) atoms. The quantitative estimate of drug-likeness (QED) is 0.622. The Morgan fingerprint density at radius 2 is 1.91 bits per heavy atom. The summed E-state index contributed by atoms with van der Waals surface area (Å²) in [5, 5.41) is 8.22. The number of aromatic nitrogens is 4. The second kappa shape index (κ2) is 8.88. The van der Waals surface area contributed by atoms with E-state index in [9.17, 15) is 9.59 Å². The van der Waals surface area contributed by atoms with Gasteiger partial charge in [-0.3, -0.25) is 4.79 Å². The van der Waals surface area contributed by atoms with Crippen molar-refractivity contribution in [2.45, 2.75) is 65.1 Å². The fraction of sp³-hybridized carbons (Fsp3) is 0.500. The van der Waals surface area contributed by atoms with Crippen molar-refractivity contribution in [1.82, 2.24) is 24.2 Å². The van der Waals surface area contributed by atoms with Gasteiger partial charge in [0.05, 0.1) is 18.1 Å².